The van der Waals surface area contributed by atoms with Gasteiger partial charge in [0.2, 0.25) is 5.95 Å². The molecule has 0 saturated carbocycles. The highest BCUT2D eigenvalue weighted by Crippen LogP contribution is 2.08. The first kappa shape index (κ1) is 13.0. The molecule has 0 N–H and O–H groups in total. The Morgan fingerprint density at radius 1 is 1.33 bits per heavy atom. The van der Waals surface area contributed by atoms with E-state index < -0.39 is 5.95 Å². The maximum absolute atomic E-state index is 12.7. The SMILES string of the molecule is CCCN1CCN(C(=O)c2ccc(F)nc2)CC1. The van der Waals surface area contributed by atoms with Crippen molar-refractivity contribution in [2.24, 2.45) is 0 Å². The van der Waals surface area contributed by atoms with Crippen molar-refractivity contribution in [1.29, 1.82) is 0 Å². The number of hydrogen-bond donors (Lipinski definition) is 0. The van der Waals surface area contributed by atoms with Gasteiger partial charge in [0.25, 0.3) is 5.91 Å². The van der Waals surface area contributed by atoms with E-state index in [0.717, 1.165) is 39.1 Å². The molecular formula is C13H18FN3O. The lowest BCUT2D eigenvalue weighted by atomic mass is 10.2. The predicted octanol–water partition coefficient (Wildman–Crippen LogP) is 1.39. The van der Waals surface area contributed by atoms with Crippen molar-refractivity contribution in [3.05, 3.63) is 29.8 Å². The average Bonchev–Trinajstić information content (AvgIpc) is 2.40. The molecule has 1 aromatic heterocycles. The van der Waals surface area contributed by atoms with Crippen LogP contribution in [0.3, 0.4) is 0 Å². The van der Waals surface area contributed by atoms with Gasteiger partial charge in [0.1, 0.15) is 0 Å². The average molecular weight is 251 g/mol. The zero-order chi connectivity index (χ0) is 13.0. The third-order valence-corrected chi connectivity index (χ3v) is 3.17. The fourth-order valence-corrected chi connectivity index (χ4v) is 2.18. The summed E-state index contributed by atoms with van der Waals surface area (Å²) >= 11 is 0. The van der Waals surface area contributed by atoms with E-state index in [-0.39, 0.29) is 5.91 Å². The zero-order valence-electron chi connectivity index (χ0n) is 10.6. The molecule has 0 spiro atoms. The summed E-state index contributed by atoms with van der Waals surface area (Å²) in [7, 11) is 0. The summed E-state index contributed by atoms with van der Waals surface area (Å²) in [6.07, 6.45) is 2.44. The molecule has 98 valence electrons. The lowest BCUT2D eigenvalue weighted by Crippen LogP contribution is -2.48. The number of carbonyl (C=O) groups is 1. The van der Waals surface area contributed by atoms with Crippen molar-refractivity contribution >= 4 is 5.91 Å². The van der Waals surface area contributed by atoms with E-state index >= 15 is 0 Å². The largest absolute Gasteiger partial charge is 0.336 e. The monoisotopic (exact) mass is 251 g/mol. The molecule has 0 unspecified atom stereocenters. The molecule has 1 fully saturated rings. The number of pyridine rings is 1. The van der Waals surface area contributed by atoms with E-state index in [1.807, 2.05) is 0 Å². The molecule has 0 bridgehead atoms. The number of hydrogen-bond acceptors (Lipinski definition) is 3. The van der Waals surface area contributed by atoms with Crippen LogP contribution in [0.15, 0.2) is 18.3 Å². The molecule has 1 aliphatic rings. The van der Waals surface area contributed by atoms with Gasteiger partial charge in [-0.15, -0.1) is 0 Å². The van der Waals surface area contributed by atoms with Gasteiger partial charge < -0.3 is 4.90 Å². The van der Waals surface area contributed by atoms with Gasteiger partial charge in [-0.05, 0) is 25.1 Å². The number of piperazine rings is 1. The second-order valence-corrected chi connectivity index (χ2v) is 4.50. The Morgan fingerprint density at radius 3 is 2.61 bits per heavy atom. The van der Waals surface area contributed by atoms with Crippen LogP contribution in [0, 0.1) is 5.95 Å². The van der Waals surface area contributed by atoms with E-state index in [1.165, 1.54) is 18.3 Å². The van der Waals surface area contributed by atoms with Gasteiger partial charge in [0.05, 0.1) is 5.56 Å². The Hall–Kier alpha value is -1.49. The maximum atomic E-state index is 12.7. The van der Waals surface area contributed by atoms with Crippen LogP contribution < -0.4 is 0 Å². The Bertz CT molecular complexity index is 399. The van der Waals surface area contributed by atoms with Gasteiger partial charge in [-0.2, -0.15) is 4.39 Å². The Morgan fingerprint density at radius 2 is 2.06 bits per heavy atom. The molecule has 2 rings (SSSR count). The summed E-state index contributed by atoms with van der Waals surface area (Å²) < 4.78 is 12.7. The molecule has 4 nitrogen and oxygen atoms in total. The molecule has 0 aliphatic carbocycles. The minimum atomic E-state index is -0.556. The van der Waals surface area contributed by atoms with Crippen LogP contribution in [0.1, 0.15) is 23.7 Å². The van der Waals surface area contributed by atoms with Crippen molar-refractivity contribution in [2.75, 3.05) is 32.7 Å². The van der Waals surface area contributed by atoms with Crippen molar-refractivity contribution in [3.63, 3.8) is 0 Å². The summed E-state index contributed by atoms with van der Waals surface area (Å²) in [5, 5.41) is 0. The number of nitrogens with zero attached hydrogens (tertiary/aromatic N) is 3. The van der Waals surface area contributed by atoms with E-state index in [4.69, 9.17) is 0 Å². The fraction of sp³-hybridized carbons (Fsp3) is 0.538. The van der Waals surface area contributed by atoms with Gasteiger partial charge in [0.15, 0.2) is 0 Å². The lowest BCUT2D eigenvalue weighted by molar-refractivity contribution is 0.0637. The molecule has 0 aromatic carbocycles. The van der Waals surface area contributed by atoms with Crippen molar-refractivity contribution in [2.45, 2.75) is 13.3 Å². The fourth-order valence-electron chi connectivity index (χ4n) is 2.18. The summed E-state index contributed by atoms with van der Waals surface area (Å²) in [5.41, 5.74) is 0.459. The van der Waals surface area contributed by atoms with Gasteiger partial charge in [-0.3, -0.25) is 9.69 Å². The highest BCUT2D eigenvalue weighted by molar-refractivity contribution is 5.93. The minimum Gasteiger partial charge on any atom is -0.336 e. The van der Waals surface area contributed by atoms with Crippen molar-refractivity contribution in [1.82, 2.24) is 14.8 Å². The first-order chi connectivity index (χ1) is 8.70. The predicted molar refractivity (Wildman–Crippen MR) is 66.8 cm³/mol. The van der Waals surface area contributed by atoms with Gasteiger partial charge in [-0.1, -0.05) is 6.92 Å². The maximum Gasteiger partial charge on any atom is 0.255 e. The summed E-state index contributed by atoms with van der Waals surface area (Å²) in [5.74, 6) is -0.613. The number of rotatable bonds is 3. The summed E-state index contributed by atoms with van der Waals surface area (Å²) in [4.78, 5) is 19.8. The highest BCUT2D eigenvalue weighted by Gasteiger charge is 2.21. The van der Waals surface area contributed by atoms with E-state index in [0.29, 0.717) is 5.56 Å². The number of halogens is 1. The molecule has 1 amide bonds. The first-order valence-electron chi connectivity index (χ1n) is 6.34. The van der Waals surface area contributed by atoms with E-state index in [2.05, 4.69) is 16.8 Å². The first-order valence-corrected chi connectivity index (χ1v) is 6.34. The van der Waals surface area contributed by atoms with Gasteiger partial charge in [0, 0.05) is 32.4 Å². The summed E-state index contributed by atoms with van der Waals surface area (Å²) in [6, 6.07) is 2.71. The molecule has 18 heavy (non-hydrogen) atoms. The standard InChI is InChI=1S/C13H18FN3O/c1-2-5-16-6-8-17(9-7-16)13(18)11-3-4-12(14)15-10-11/h3-4,10H,2,5-9H2,1H3. The van der Waals surface area contributed by atoms with Crippen LogP contribution in [0.4, 0.5) is 4.39 Å². The second-order valence-electron chi connectivity index (χ2n) is 4.50. The third-order valence-electron chi connectivity index (χ3n) is 3.17. The second kappa shape index (κ2) is 5.91. The Kier molecular flexibility index (Phi) is 4.25. The summed E-state index contributed by atoms with van der Waals surface area (Å²) in [6.45, 7) is 6.52. The van der Waals surface area contributed by atoms with Crippen LogP contribution in [0.2, 0.25) is 0 Å². The Balaban J connectivity index is 1.93. The van der Waals surface area contributed by atoms with Crippen LogP contribution in [-0.4, -0.2) is 53.4 Å². The van der Waals surface area contributed by atoms with Gasteiger partial charge >= 0.3 is 0 Å². The van der Waals surface area contributed by atoms with Gasteiger partial charge in [-0.25, -0.2) is 4.98 Å². The molecule has 0 radical (unpaired) electrons. The Labute approximate surface area is 106 Å². The number of aromatic nitrogens is 1. The van der Waals surface area contributed by atoms with E-state index in [9.17, 15) is 9.18 Å². The van der Waals surface area contributed by atoms with Crippen molar-refractivity contribution < 1.29 is 9.18 Å². The topological polar surface area (TPSA) is 36.4 Å². The van der Waals surface area contributed by atoms with Crippen LogP contribution in [-0.2, 0) is 0 Å². The normalized spacial score (nSPS) is 16.9. The molecule has 0 atom stereocenters. The number of amides is 1. The number of carbonyl (C=O) groups excluding carboxylic acids is 1. The molecular weight excluding hydrogens is 233 g/mol. The smallest absolute Gasteiger partial charge is 0.255 e. The zero-order valence-corrected chi connectivity index (χ0v) is 10.6. The minimum absolute atomic E-state index is 0.0568. The molecule has 1 saturated heterocycles. The van der Waals surface area contributed by atoms with Crippen LogP contribution in [0.5, 0.6) is 0 Å². The quantitative estimate of drug-likeness (QED) is 0.762. The van der Waals surface area contributed by atoms with Crippen LogP contribution in [0.25, 0.3) is 0 Å². The molecule has 1 aromatic rings. The third kappa shape index (κ3) is 3.04. The molecule has 5 heteroatoms. The lowest BCUT2D eigenvalue weighted by Gasteiger charge is -2.34. The van der Waals surface area contributed by atoms with Crippen LogP contribution >= 0.6 is 0 Å². The molecule has 1 aliphatic heterocycles. The van der Waals surface area contributed by atoms with Crippen molar-refractivity contribution in [3.8, 4) is 0 Å². The molecule has 2 heterocycles. The van der Waals surface area contributed by atoms with E-state index in [1.54, 1.807) is 4.90 Å². The highest BCUT2D eigenvalue weighted by atomic mass is 19.1.